The molecular formula is C25H32FN3O3. The first-order valence-corrected chi connectivity index (χ1v) is 11.4. The topological polar surface area (TPSA) is 65.0 Å². The Balaban J connectivity index is 1.20. The molecule has 2 aromatic carbocycles. The van der Waals surface area contributed by atoms with Crippen LogP contribution in [-0.4, -0.2) is 72.3 Å². The van der Waals surface area contributed by atoms with Crippen LogP contribution in [0.5, 0.6) is 5.75 Å². The molecule has 32 heavy (non-hydrogen) atoms. The van der Waals surface area contributed by atoms with Crippen molar-refractivity contribution in [2.24, 2.45) is 0 Å². The highest BCUT2D eigenvalue weighted by molar-refractivity contribution is 5.92. The number of ether oxygens (including phenoxy) is 1. The fraction of sp³-hybridized carbons (Fsp3) is 0.480. The van der Waals surface area contributed by atoms with Gasteiger partial charge in [-0.3, -0.25) is 14.6 Å². The van der Waals surface area contributed by atoms with Gasteiger partial charge >= 0.3 is 0 Å². The number of hydrogen-bond acceptors (Lipinski definition) is 5. The van der Waals surface area contributed by atoms with E-state index < -0.39 is 11.9 Å². The zero-order chi connectivity index (χ0) is 22.5. The molecule has 2 atom stereocenters. The highest BCUT2D eigenvalue weighted by Crippen LogP contribution is 2.25. The first kappa shape index (κ1) is 22.7. The fourth-order valence-electron chi connectivity index (χ4n) is 4.61. The van der Waals surface area contributed by atoms with Crippen molar-refractivity contribution < 1.29 is 19.0 Å². The number of halogens is 1. The maximum atomic E-state index is 13.6. The Morgan fingerprint density at radius 1 is 1.22 bits per heavy atom. The molecule has 4 rings (SSSR count). The minimum Gasteiger partial charge on any atom is -0.488 e. The summed E-state index contributed by atoms with van der Waals surface area (Å²) in [5, 5.41) is 13.4. The third-order valence-electron chi connectivity index (χ3n) is 6.31. The van der Waals surface area contributed by atoms with E-state index >= 15 is 0 Å². The number of nitrogens with zero attached hydrogens (tertiary/aromatic N) is 2. The van der Waals surface area contributed by atoms with Crippen molar-refractivity contribution in [1.82, 2.24) is 9.80 Å². The first-order valence-electron chi connectivity index (χ1n) is 11.4. The number of amides is 1. The Morgan fingerprint density at radius 2 is 2.03 bits per heavy atom. The number of hydrogen-bond donors (Lipinski definition) is 2. The Morgan fingerprint density at radius 3 is 2.84 bits per heavy atom. The molecule has 6 nitrogen and oxygen atoms in total. The van der Waals surface area contributed by atoms with Crippen molar-refractivity contribution in [3.63, 3.8) is 0 Å². The van der Waals surface area contributed by atoms with Crippen LogP contribution in [-0.2, 0) is 17.6 Å². The van der Waals surface area contributed by atoms with Gasteiger partial charge in [-0.25, -0.2) is 4.39 Å². The number of carbonyl (C=O) groups excluding carboxylic acids is 1. The number of piperazine rings is 1. The molecule has 1 heterocycles. The average Bonchev–Trinajstić information content (AvgIpc) is 3.23. The molecule has 0 spiro atoms. The van der Waals surface area contributed by atoms with Crippen molar-refractivity contribution in [3.05, 3.63) is 59.4 Å². The lowest BCUT2D eigenvalue weighted by molar-refractivity contribution is -0.118. The van der Waals surface area contributed by atoms with Gasteiger partial charge in [0.1, 0.15) is 12.7 Å². The van der Waals surface area contributed by atoms with Crippen molar-refractivity contribution in [3.8, 4) is 5.75 Å². The second-order valence-electron chi connectivity index (χ2n) is 8.86. The number of fused-ring (bicyclic) bond motifs is 1. The highest BCUT2D eigenvalue weighted by Gasteiger charge is 2.26. The van der Waals surface area contributed by atoms with Crippen molar-refractivity contribution in [2.45, 2.75) is 38.3 Å². The van der Waals surface area contributed by atoms with E-state index in [1.54, 1.807) is 18.2 Å². The Hall–Kier alpha value is -2.48. The van der Waals surface area contributed by atoms with Gasteiger partial charge in [-0.2, -0.15) is 0 Å². The molecule has 172 valence electrons. The summed E-state index contributed by atoms with van der Waals surface area (Å²) >= 11 is 0. The molecular weight excluding hydrogens is 409 g/mol. The van der Waals surface area contributed by atoms with Gasteiger partial charge in [0.15, 0.2) is 11.6 Å². The zero-order valence-corrected chi connectivity index (χ0v) is 18.6. The molecule has 2 N–H and O–H groups in total. The van der Waals surface area contributed by atoms with Gasteiger partial charge in [0, 0.05) is 37.9 Å². The van der Waals surface area contributed by atoms with Crippen LogP contribution in [0.1, 0.15) is 24.5 Å². The Labute approximate surface area is 189 Å². The normalized spacial score (nSPS) is 20.0. The summed E-state index contributed by atoms with van der Waals surface area (Å²) in [6.45, 7) is 5.19. The number of aliphatic hydroxyl groups excluding tert-OH is 1. The van der Waals surface area contributed by atoms with Crippen LogP contribution < -0.4 is 10.1 Å². The zero-order valence-electron chi connectivity index (χ0n) is 18.6. The van der Waals surface area contributed by atoms with Gasteiger partial charge in [0.05, 0.1) is 6.54 Å². The lowest BCUT2D eigenvalue weighted by atomic mass is 10.1. The van der Waals surface area contributed by atoms with Crippen LogP contribution in [0.4, 0.5) is 10.1 Å². The SMILES string of the molecule is C[C@H]1CN(CC(=O)Nc2ccc3c(c2)CCC3)CCN1C[C@H](O)COc1ccccc1F. The molecule has 7 heteroatoms. The summed E-state index contributed by atoms with van der Waals surface area (Å²) in [5.74, 6) is -0.277. The number of aliphatic hydroxyl groups is 1. The van der Waals surface area contributed by atoms with E-state index in [1.165, 1.54) is 23.6 Å². The smallest absolute Gasteiger partial charge is 0.238 e. The molecule has 1 amide bonds. The maximum absolute atomic E-state index is 13.6. The van der Waals surface area contributed by atoms with E-state index in [0.717, 1.165) is 38.2 Å². The molecule has 0 saturated carbocycles. The number of anilines is 1. The second kappa shape index (κ2) is 10.4. The van der Waals surface area contributed by atoms with Crippen LogP contribution in [0.2, 0.25) is 0 Å². The number of rotatable bonds is 8. The number of aryl methyl sites for hydroxylation is 2. The molecule has 1 fully saturated rings. The summed E-state index contributed by atoms with van der Waals surface area (Å²) in [5.41, 5.74) is 3.62. The first-order chi connectivity index (χ1) is 15.5. The number of carbonyl (C=O) groups is 1. The molecule has 2 aliphatic rings. The Bertz CT molecular complexity index is 938. The van der Waals surface area contributed by atoms with Gasteiger partial charge in [-0.1, -0.05) is 18.2 Å². The van der Waals surface area contributed by atoms with E-state index in [1.807, 2.05) is 6.07 Å². The predicted molar refractivity (Wildman–Crippen MR) is 122 cm³/mol. The van der Waals surface area contributed by atoms with Gasteiger partial charge in [0.2, 0.25) is 5.91 Å². The third-order valence-corrected chi connectivity index (χ3v) is 6.31. The van der Waals surface area contributed by atoms with Crippen LogP contribution in [0.25, 0.3) is 0 Å². The van der Waals surface area contributed by atoms with Gasteiger partial charge in [-0.15, -0.1) is 0 Å². The van der Waals surface area contributed by atoms with E-state index in [9.17, 15) is 14.3 Å². The molecule has 0 unspecified atom stereocenters. The number of para-hydroxylation sites is 1. The highest BCUT2D eigenvalue weighted by atomic mass is 19.1. The molecule has 0 bridgehead atoms. The summed E-state index contributed by atoms with van der Waals surface area (Å²) in [7, 11) is 0. The monoisotopic (exact) mass is 441 g/mol. The van der Waals surface area contributed by atoms with Crippen LogP contribution in [0, 0.1) is 5.82 Å². The summed E-state index contributed by atoms with van der Waals surface area (Å²) in [6.07, 6.45) is 2.70. The Kier molecular flexibility index (Phi) is 7.40. The maximum Gasteiger partial charge on any atom is 0.238 e. The van der Waals surface area contributed by atoms with Gasteiger partial charge in [-0.05, 0) is 61.6 Å². The summed E-state index contributed by atoms with van der Waals surface area (Å²) in [6, 6.07) is 12.6. The molecule has 1 aliphatic carbocycles. The van der Waals surface area contributed by atoms with E-state index in [4.69, 9.17) is 4.74 Å². The summed E-state index contributed by atoms with van der Waals surface area (Å²) in [4.78, 5) is 16.9. The van der Waals surface area contributed by atoms with Crippen molar-refractivity contribution in [2.75, 3.05) is 44.6 Å². The second-order valence-corrected chi connectivity index (χ2v) is 8.86. The third kappa shape index (κ3) is 5.85. The van der Waals surface area contributed by atoms with Gasteiger partial charge in [0.25, 0.3) is 0 Å². The van der Waals surface area contributed by atoms with Crippen LogP contribution in [0.3, 0.4) is 0 Å². The predicted octanol–water partition coefficient (Wildman–Crippen LogP) is 2.70. The largest absolute Gasteiger partial charge is 0.488 e. The van der Waals surface area contributed by atoms with E-state index in [0.29, 0.717) is 13.1 Å². The molecule has 1 saturated heterocycles. The van der Waals surface area contributed by atoms with Crippen LogP contribution >= 0.6 is 0 Å². The summed E-state index contributed by atoms with van der Waals surface area (Å²) < 4.78 is 19.1. The minimum absolute atomic E-state index is 0.00178. The number of nitrogens with one attached hydrogen (secondary N) is 1. The minimum atomic E-state index is -0.716. The fourth-order valence-corrected chi connectivity index (χ4v) is 4.61. The number of β-amino-alcohol motifs (C(OH)–C–C–N with tert-alkyl or cyclic N) is 1. The van der Waals surface area contributed by atoms with Crippen molar-refractivity contribution in [1.29, 1.82) is 0 Å². The van der Waals surface area contributed by atoms with Gasteiger partial charge < -0.3 is 15.2 Å². The molecule has 2 aromatic rings. The standard InChI is InChI=1S/C25H32FN3O3/c1-18-14-28(16-25(31)27-21-10-9-19-5-4-6-20(19)13-21)11-12-29(18)15-22(30)17-32-24-8-3-2-7-23(24)26/h2-3,7-10,13,18,22,30H,4-6,11-12,14-17H2,1H3,(H,27,31)/t18-,22-/m0/s1. The van der Waals surface area contributed by atoms with Crippen molar-refractivity contribution >= 4 is 11.6 Å². The lowest BCUT2D eigenvalue weighted by Gasteiger charge is -2.40. The average molecular weight is 442 g/mol. The van der Waals surface area contributed by atoms with E-state index in [2.05, 4.69) is 34.2 Å². The van der Waals surface area contributed by atoms with Crippen LogP contribution in [0.15, 0.2) is 42.5 Å². The molecule has 1 aliphatic heterocycles. The lowest BCUT2D eigenvalue weighted by Crippen LogP contribution is -2.55. The van der Waals surface area contributed by atoms with E-state index in [-0.39, 0.29) is 24.3 Å². The molecule has 0 aromatic heterocycles. The quantitative estimate of drug-likeness (QED) is 0.660. The number of benzene rings is 2. The molecule has 0 radical (unpaired) electrons.